The summed E-state index contributed by atoms with van der Waals surface area (Å²) in [6.07, 6.45) is 8.91. The fourth-order valence-electron chi connectivity index (χ4n) is 5.51. The van der Waals surface area contributed by atoms with Crippen molar-refractivity contribution in [1.82, 2.24) is 24.8 Å². The van der Waals surface area contributed by atoms with Gasteiger partial charge >= 0.3 is 0 Å². The van der Waals surface area contributed by atoms with E-state index in [4.69, 9.17) is 4.98 Å². The first-order valence-electron chi connectivity index (χ1n) is 11.9. The van der Waals surface area contributed by atoms with Gasteiger partial charge in [0.15, 0.2) is 0 Å². The van der Waals surface area contributed by atoms with E-state index in [-0.39, 0.29) is 17.2 Å². The highest BCUT2D eigenvalue weighted by Crippen LogP contribution is 2.59. The average molecular weight is 432 g/mol. The minimum atomic E-state index is 0.193. The molecule has 3 heterocycles. The first kappa shape index (κ1) is 21.1. The number of rotatable bonds is 7. The molecule has 0 bridgehead atoms. The zero-order valence-corrected chi connectivity index (χ0v) is 19.1. The third-order valence-corrected chi connectivity index (χ3v) is 7.70. The lowest BCUT2D eigenvalue weighted by Gasteiger charge is -2.37. The van der Waals surface area contributed by atoms with Crippen LogP contribution in [0.5, 0.6) is 0 Å². The molecule has 2 aliphatic rings. The van der Waals surface area contributed by atoms with Gasteiger partial charge in [-0.15, -0.1) is 0 Å². The Labute approximate surface area is 190 Å². The number of carbonyl (C=O) groups excluding carboxylic acids is 1. The van der Waals surface area contributed by atoms with Crippen LogP contribution < -0.4 is 5.32 Å². The number of piperidine rings is 1. The van der Waals surface area contributed by atoms with Gasteiger partial charge in [0, 0.05) is 44.4 Å². The van der Waals surface area contributed by atoms with Gasteiger partial charge in [-0.3, -0.25) is 9.78 Å². The maximum Gasteiger partial charge on any atom is 0.223 e. The number of aryl methyl sites for hydroxylation is 1. The van der Waals surface area contributed by atoms with Gasteiger partial charge in [-0.1, -0.05) is 18.2 Å². The summed E-state index contributed by atoms with van der Waals surface area (Å²) in [4.78, 5) is 24.4. The predicted octanol–water partition coefficient (Wildman–Crippen LogP) is 3.36. The summed E-state index contributed by atoms with van der Waals surface area (Å²) in [7, 11) is 2.05. The second-order valence-corrected chi connectivity index (χ2v) is 9.69. The van der Waals surface area contributed by atoms with Crippen molar-refractivity contribution in [2.24, 2.45) is 18.4 Å². The summed E-state index contributed by atoms with van der Waals surface area (Å²) in [5.74, 6) is 1.45. The second-order valence-electron chi connectivity index (χ2n) is 9.69. The Morgan fingerprint density at radius 2 is 2.03 bits per heavy atom. The number of benzene rings is 1. The van der Waals surface area contributed by atoms with Crippen molar-refractivity contribution in [2.75, 3.05) is 19.6 Å². The molecule has 1 aromatic carbocycles. The smallest absolute Gasteiger partial charge is 0.223 e. The fourth-order valence-corrected chi connectivity index (χ4v) is 5.51. The molecule has 1 saturated carbocycles. The number of amides is 1. The van der Waals surface area contributed by atoms with Crippen molar-refractivity contribution < 1.29 is 4.79 Å². The molecule has 5 rings (SSSR count). The van der Waals surface area contributed by atoms with Crippen molar-refractivity contribution in [3.05, 3.63) is 60.2 Å². The third-order valence-electron chi connectivity index (χ3n) is 7.70. The number of para-hydroxylation sites is 2. The van der Waals surface area contributed by atoms with Crippen LogP contribution in [-0.2, 0) is 24.7 Å². The van der Waals surface area contributed by atoms with Crippen LogP contribution in [-0.4, -0.2) is 51.0 Å². The van der Waals surface area contributed by atoms with E-state index in [1.165, 1.54) is 5.56 Å². The predicted molar refractivity (Wildman–Crippen MR) is 126 cm³/mol. The van der Waals surface area contributed by atoms with Crippen molar-refractivity contribution in [2.45, 2.75) is 45.1 Å². The molecule has 2 atom stereocenters. The molecule has 168 valence electrons. The van der Waals surface area contributed by atoms with Gasteiger partial charge in [-0.25, -0.2) is 4.98 Å². The number of aromatic nitrogens is 3. The van der Waals surface area contributed by atoms with Crippen LogP contribution in [0.15, 0.2) is 48.8 Å². The van der Waals surface area contributed by atoms with Crippen LogP contribution in [0.2, 0.25) is 0 Å². The highest BCUT2D eigenvalue weighted by Gasteiger charge is 2.58. The van der Waals surface area contributed by atoms with Crippen LogP contribution in [0.1, 0.15) is 37.6 Å². The Morgan fingerprint density at radius 3 is 2.78 bits per heavy atom. The molecule has 1 N–H and O–H groups in total. The van der Waals surface area contributed by atoms with E-state index in [0.717, 1.165) is 62.1 Å². The average Bonchev–Trinajstić information content (AvgIpc) is 3.42. The molecule has 6 heteroatoms. The summed E-state index contributed by atoms with van der Waals surface area (Å²) in [5, 5.41) is 3.19. The highest BCUT2D eigenvalue weighted by molar-refractivity contribution is 5.82. The van der Waals surface area contributed by atoms with Crippen molar-refractivity contribution in [1.29, 1.82) is 0 Å². The summed E-state index contributed by atoms with van der Waals surface area (Å²) in [5.41, 5.74) is 3.69. The van der Waals surface area contributed by atoms with Gasteiger partial charge in [0.25, 0.3) is 0 Å². The molecule has 0 radical (unpaired) electrons. The quantitative estimate of drug-likeness (QED) is 0.623. The minimum absolute atomic E-state index is 0.193. The van der Waals surface area contributed by atoms with E-state index in [2.05, 4.69) is 38.8 Å². The lowest BCUT2D eigenvalue weighted by molar-refractivity contribution is -0.123. The summed E-state index contributed by atoms with van der Waals surface area (Å²) in [6.45, 7) is 5.14. The van der Waals surface area contributed by atoms with E-state index < -0.39 is 0 Å². The highest BCUT2D eigenvalue weighted by atomic mass is 16.2. The Bertz CT molecular complexity index is 1080. The molecule has 2 aromatic heterocycles. The van der Waals surface area contributed by atoms with Crippen molar-refractivity contribution in [3.63, 3.8) is 0 Å². The summed E-state index contributed by atoms with van der Waals surface area (Å²) >= 11 is 0. The number of hydrogen-bond acceptors (Lipinski definition) is 4. The number of fused-ring (bicyclic) bond motifs is 1. The van der Waals surface area contributed by atoms with Crippen LogP contribution in [0.4, 0.5) is 0 Å². The van der Waals surface area contributed by atoms with E-state index in [9.17, 15) is 4.79 Å². The lowest BCUT2D eigenvalue weighted by atomic mass is 9.89. The number of nitrogens with one attached hydrogen (secondary N) is 1. The molecular weight excluding hydrogens is 398 g/mol. The van der Waals surface area contributed by atoms with Crippen LogP contribution >= 0.6 is 0 Å². The first-order valence-corrected chi connectivity index (χ1v) is 11.9. The normalized spacial score (nSPS) is 21.0. The van der Waals surface area contributed by atoms with Crippen LogP contribution in [0.25, 0.3) is 11.0 Å². The lowest BCUT2D eigenvalue weighted by Crippen LogP contribution is -2.42. The van der Waals surface area contributed by atoms with E-state index in [1.54, 1.807) is 0 Å². The monoisotopic (exact) mass is 431 g/mol. The van der Waals surface area contributed by atoms with Gasteiger partial charge in [-0.2, -0.15) is 0 Å². The third kappa shape index (κ3) is 4.16. The molecule has 2 fully saturated rings. The Morgan fingerprint density at radius 1 is 1.22 bits per heavy atom. The summed E-state index contributed by atoms with van der Waals surface area (Å²) < 4.78 is 2.13. The fraction of sp³-hybridized carbons (Fsp3) is 0.500. The molecular formula is C26H33N5O. The summed E-state index contributed by atoms with van der Waals surface area (Å²) in [6, 6.07) is 12.8. The van der Waals surface area contributed by atoms with Gasteiger partial charge < -0.3 is 14.8 Å². The number of nitrogens with zero attached hydrogens (tertiary/aromatic N) is 4. The molecule has 1 aliphatic heterocycles. The molecule has 1 saturated heterocycles. The number of likely N-dealkylation sites (tertiary alicyclic amines) is 1. The maximum absolute atomic E-state index is 12.8. The van der Waals surface area contributed by atoms with Crippen molar-refractivity contribution >= 4 is 16.9 Å². The molecule has 1 spiro atoms. The maximum atomic E-state index is 12.8. The molecule has 1 aliphatic carbocycles. The number of imidazole rings is 1. The minimum Gasteiger partial charge on any atom is -0.355 e. The number of pyridine rings is 1. The molecule has 32 heavy (non-hydrogen) atoms. The Hall–Kier alpha value is -2.73. The van der Waals surface area contributed by atoms with Gasteiger partial charge in [0.05, 0.1) is 11.0 Å². The van der Waals surface area contributed by atoms with Gasteiger partial charge in [0.1, 0.15) is 5.82 Å². The zero-order chi connectivity index (χ0) is 22.1. The largest absolute Gasteiger partial charge is 0.355 e. The molecule has 2 unspecified atom stereocenters. The van der Waals surface area contributed by atoms with Gasteiger partial charge in [0.2, 0.25) is 5.91 Å². The standard InChI is InChI=1S/C26H33N5O/c1-19(16-20-6-5-12-27-18-20)31-14-10-26(11-15-31)17-21(26)25(32)28-13-9-24-29-22-7-3-4-8-23(22)30(24)2/h3-8,12,18-19,21H,9-11,13-17H2,1-2H3,(H,28,32). The topological polar surface area (TPSA) is 63.1 Å². The Balaban J connectivity index is 1.08. The van der Waals surface area contributed by atoms with E-state index >= 15 is 0 Å². The second kappa shape index (κ2) is 8.66. The number of carbonyl (C=O) groups is 1. The zero-order valence-electron chi connectivity index (χ0n) is 19.1. The molecule has 3 aromatic rings. The molecule has 1 amide bonds. The van der Waals surface area contributed by atoms with Crippen LogP contribution in [0.3, 0.4) is 0 Å². The SMILES string of the molecule is CC(Cc1cccnc1)N1CCC2(CC1)CC2C(=O)NCCc1nc2ccccc2n1C. The first-order chi connectivity index (χ1) is 15.6. The van der Waals surface area contributed by atoms with Gasteiger partial charge in [-0.05, 0) is 74.9 Å². The van der Waals surface area contributed by atoms with E-state index in [1.807, 2.05) is 43.7 Å². The Kier molecular flexibility index (Phi) is 5.72. The van der Waals surface area contributed by atoms with Crippen LogP contribution in [0, 0.1) is 11.3 Å². The van der Waals surface area contributed by atoms with E-state index in [0.29, 0.717) is 12.6 Å². The van der Waals surface area contributed by atoms with Crippen molar-refractivity contribution in [3.8, 4) is 0 Å². The number of hydrogen-bond donors (Lipinski definition) is 1. The molecule has 6 nitrogen and oxygen atoms in total.